The fraction of sp³-hybridized carbons (Fsp3) is 0.800. The Labute approximate surface area is 162 Å². The van der Waals surface area contributed by atoms with Crippen LogP contribution >= 0.6 is 0 Å². The van der Waals surface area contributed by atoms with Crippen molar-refractivity contribution in [1.82, 2.24) is 0 Å². The Balaban J connectivity index is -0.00000144. The van der Waals surface area contributed by atoms with Crippen molar-refractivity contribution in [2.24, 2.45) is 5.41 Å². The molecule has 106 valence electrons. The van der Waals surface area contributed by atoms with E-state index in [1.165, 1.54) is 0 Å². The number of rotatable bonds is 8. The van der Waals surface area contributed by atoms with Gasteiger partial charge in [0.05, 0.1) is 5.97 Å². The molecule has 7 nitrogen and oxygen atoms in total. The molecule has 0 aromatic heterocycles. The van der Waals surface area contributed by atoms with Crippen LogP contribution in [0.5, 0.6) is 0 Å². The molecule has 0 heterocycles. The maximum atomic E-state index is 11.2. The van der Waals surface area contributed by atoms with Gasteiger partial charge >= 0.3 is 59.1 Å². The van der Waals surface area contributed by atoms with Gasteiger partial charge in [-0.1, -0.05) is 26.7 Å². The molecule has 0 saturated carbocycles. The monoisotopic (exact) mass is 326 g/mol. The van der Waals surface area contributed by atoms with Crippen LogP contribution in [0.25, 0.3) is 0 Å². The average molecular weight is 326 g/mol. The van der Waals surface area contributed by atoms with Crippen molar-refractivity contribution in [3.63, 3.8) is 0 Å². The summed E-state index contributed by atoms with van der Waals surface area (Å²) in [6, 6.07) is 0. The SMILES string of the molecule is CCCC(CCC)(C(=O)[O-])C(C(=O)[O-])S(=O)(=O)O.[Na+].[Na+]. The molecule has 0 aromatic carbocycles. The van der Waals surface area contributed by atoms with Crippen LogP contribution in [0.15, 0.2) is 0 Å². The van der Waals surface area contributed by atoms with Crippen LogP contribution in [0.1, 0.15) is 39.5 Å². The third kappa shape index (κ3) is 6.31. The number of carboxylic acids is 2. The normalized spacial score (nSPS) is 12.8. The van der Waals surface area contributed by atoms with Gasteiger partial charge in [-0.25, -0.2) is 0 Å². The van der Waals surface area contributed by atoms with E-state index >= 15 is 0 Å². The summed E-state index contributed by atoms with van der Waals surface area (Å²) in [5, 5.41) is 19.6. The van der Waals surface area contributed by atoms with Gasteiger partial charge in [0.2, 0.25) is 0 Å². The molecule has 0 aliphatic rings. The number of carboxylic acid groups (broad SMARTS) is 2. The summed E-state index contributed by atoms with van der Waals surface area (Å²) in [5.41, 5.74) is -2.17. The van der Waals surface area contributed by atoms with E-state index in [4.69, 9.17) is 4.55 Å². The zero-order chi connectivity index (χ0) is 14.6. The Hall–Kier alpha value is 0.850. The van der Waals surface area contributed by atoms with Crippen LogP contribution in [0, 0.1) is 5.41 Å². The van der Waals surface area contributed by atoms with Crippen molar-refractivity contribution in [2.75, 3.05) is 0 Å². The van der Waals surface area contributed by atoms with Crippen molar-refractivity contribution in [1.29, 1.82) is 0 Å². The van der Waals surface area contributed by atoms with Crippen LogP contribution in [-0.2, 0) is 19.7 Å². The number of carbonyl (C=O) groups is 2. The van der Waals surface area contributed by atoms with Gasteiger partial charge in [0, 0.05) is 11.4 Å². The topological polar surface area (TPSA) is 135 Å². The van der Waals surface area contributed by atoms with E-state index in [1.54, 1.807) is 13.8 Å². The van der Waals surface area contributed by atoms with E-state index in [9.17, 15) is 28.2 Å². The molecule has 1 unspecified atom stereocenters. The van der Waals surface area contributed by atoms with E-state index in [0.29, 0.717) is 0 Å². The van der Waals surface area contributed by atoms with E-state index in [2.05, 4.69) is 0 Å². The largest absolute Gasteiger partial charge is 1.00 e. The van der Waals surface area contributed by atoms with E-state index in [-0.39, 0.29) is 84.8 Å². The average Bonchev–Trinajstić information content (AvgIpc) is 2.14. The second-order valence-corrected chi connectivity index (χ2v) is 5.66. The van der Waals surface area contributed by atoms with Gasteiger partial charge in [0.25, 0.3) is 10.1 Å². The summed E-state index contributed by atoms with van der Waals surface area (Å²) < 4.78 is 31.2. The third-order valence-corrected chi connectivity index (χ3v) is 4.05. The molecule has 0 fully saturated rings. The standard InChI is InChI=1S/C10H18O7S.2Na/c1-3-5-10(6-4-2,9(13)14)7(8(11)12)18(15,16)17;;/h7H,3-6H2,1-2H3,(H,11,12)(H,13,14)(H,15,16,17);;/q;2*+1/p-2. The Morgan fingerprint density at radius 1 is 1.10 bits per heavy atom. The van der Waals surface area contributed by atoms with E-state index in [0.717, 1.165) is 0 Å². The van der Waals surface area contributed by atoms with Gasteiger partial charge in [-0.3, -0.25) is 4.55 Å². The van der Waals surface area contributed by atoms with Gasteiger partial charge in [-0.15, -0.1) is 0 Å². The molecular formula is C10H16Na2O7S. The predicted molar refractivity (Wildman–Crippen MR) is 57.6 cm³/mol. The van der Waals surface area contributed by atoms with Crippen LogP contribution in [0.2, 0.25) is 0 Å². The zero-order valence-corrected chi connectivity index (χ0v) is 17.0. The maximum Gasteiger partial charge on any atom is 1.00 e. The minimum atomic E-state index is -5.09. The van der Waals surface area contributed by atoms with Gasteiger partial charge in [-0.2, -0.15) is 8.42 Å². The molecule has 10 heteroatoms. The maximum absolute atomic E-state index is 11.2. The Bertz CT molecular complexity index is 415. The van der Waals surface area contributed by atoms with Crippen molar-refractivity contribution < 1.29 is 91.9 Å². The smallest absolute Gasteiger partial charge is 0.549 e. The van der Waals surface area contributed by atoms with E-state index < -0.39 is 32.7 Å². The van der Waals surface area contributed by atoms with Crippen LogP contribution < -0.4 is 69.3 Å². The molecule has 0 aromatic rings. The molecule has 1 N–H and O–H groups in total. The zero-order valence-electron chi connectivity index (χ0n) is 12.2. The second-order valence-electron chi connectivity index (χ2n) is 4.16. The number of hydrogen-bond donors (Lipinski definition) is 1. The van der Waals surface area contributed by atoms with Crippen LogP contribution in [-0.4, -0.2) is 30.2 Å². The first-order valence-corrected chi connectivity index (χ1v) is 7.02. The molecule has 1 atom stereocenters. The van der Waals surface area contributed by atoms with Crippen molar-refractivity contribution in [2.45, 2.75) is 44.8 Å². The Morgan fingerprint density at radius 2 is 1.45 bits per heavy atom. The summed E-state index contributed by atoms with van der Waals surface area (Å²) in [6.07, 6.45) is -0.0101. The number of hydrogen-bond acceptors (Lipinski definition) is 6. The molecule has 0 saturated heterocycles. The summed E-state index contributed by atoms with van der Waals surface area (Å²) >= 11 is 0. The molecule has 0 radical (unpaired) electrons. The molecule has 0 rings (SSSR count). The molecule has 0 amide bonds. The summed E-state index contributed by atoms with van der Waals surface area (Å²) in [5.74, 6) is -3.94. The number of aliphatic carboxylic acids is 2. The molecule has 0 aliphatic heterocycles. The fourth-order valence-electron chi connectivity index (χ4n) is 2.22. The molecule has 0 bridgehead atoms. The minimum Gasteiger partial charge on any atom is -0.549 e. The van der Waals surface area contributed by atoms with Crippen LogP contribution in [0.4, 0.5) is 0 Å². The first-order valence-electron chi connectivity index (χ1n) is 5.52. The Kier molecular flexibility index (Phi) is 13.6. The quantitative estimate of drug-likeness (QED) is 0.346. The summed E-state index contributed by atoms with van der Waals surface area (Å²) in [6.45, 7) is 3.15. The Morgan fingerprint density at radius 3 is 1.60 bits per heavy atom. The van der Waals surface area contributed by atoms with E-state index in [1.807, 2.05) is 0 Å². The first-order chi connectivity index (χ1) is 8.13. The molecule has 0 aliphatic carbocycles. The first kappa shape index (κ1) is 25.8. The third-order valence-electron chi connectivity index (χ3n) is 2.81. The van der Waals surface area contributed by atoms with Gasteiger partial charge < -0.3 is 19.8 Å². The van der Waals surface area contributed by atoms with Gasteiger partial charge in [0.1, 0.15) is 5.25 Å². The van der Waals surface area contributed by atoms with Gasteiger partial charge in [-0.05, 0) is 12.8 Å². The summed E-state index contributed by atoms with van der Waals surface area (Å²) in [4.78, 5) is 22.1. The summed E-state index contributed by atoms with van der Waals surface area (Å²) in [7, 11) is -5.09. The molecule has 20 heavy (non-hydrogen) atoms. The van der Waals surface area contributed by atoms with Gasteiger partial charge in [0.15, 0.2) is 0 Å². The number of carbonyl (C=O) groups excluding carboxylic acids is 2. The van der Waals surface area contributed by atoms with Crippen molar-refractivity contribution in [3.05, 3.63) is 0 Å². The van der Waals surface area contributed by atoms with Crippen molar-refractivity contribution in [3.8, 4) is 0 Å². The molecule has 0 spiro atoms. The molecular weight excluding hydrogens is 310 g/mol. The minimum absolute atomic E-state index is 0. The van der Waals surface area contributed by atoms with Crippen molar-refractivity contribution >= 4 is 22.1 Å². The predicted octanol–water partition coefficient (Wildman–Crippen LogP) is -7.66. The van der Waals surface area contributed by atoms with Crippen LogP contribution in [0.3, 0.4) is 0 Å². The second kappa shape index (κ2) is 10.6. The fourth-order valence-corrected chi connectivity index (χ4v) is 3.37.